The van der Waals surface area contributed by atoms with E-state index in [0.29, 0.717) is 28.4 Å². The van der Waals surface area contributed by atoms with Crippen LogP contribution < -0.4 is 14.9 Å². The Morgan fingerprint density at radius 3 is 2.53 bits per heavy atom. The number of carbonyl (C=O) groups is 1. The maximum Gasteiger partial charge on any atom is 0.331 e. The second kappa shape index (κ2) is 10.7. The van der Waals surface area contributed by atoms with E-state index in [1.54, 1.807) is 23.2 Å². The molecule has 191 valence electrons. The van der Waals surface area contributed by atoms with Gasteiger partial charge in [0.05, 0.1) is 29.4 Å². The van der Waals surface area contributed by atoms with Gasteiger partial charge in [0.2, 0.25) is 9.04 Å². The molecule has 0 unspecified atom stereocenters. The highest BCUT2D eigenvalue weighted by Crippen LogP contribution is 2.40. The summed E-state index contributed by atoms with van der Waals surface area (Å²) in [5, 5.41) is 11.8. The molecule has 2 aromatic rings. The summed E-state index contributed by atoms with van der Waals surface area (Å²) in [6.07, 6.45) is 5.99. The first-order chi connectivity index (χ1) is 17.1. The SMILES string of the molecule is C[Si](C)ON(c1ncc2c(n1)N(CC#N)C(=O)N(c1ccccc1Cl)C2)C1CCC(C(C)(C)C)CC1. The monoisotopic (exact) mass is 525 g/mol. The van der Waals surface area contributed by atoms with Crippen LogP contribution in [0.1, 0.15) is 52.0 Å². The van der Waals surface area contributed by atoms with Gasteiger partial charge in [-0.3, -0.25) is 9.80 Å². The predicted octanol–water partition coefficient (Wildman–Crippen LogP) is 6.19. The number of hydrogen-bond acceptors (Lipinski definition) is 6. The lowest BCUT2D eigenvalue weighted by Gasteiger charge is -2.41. The van der Waals surface area contributed by atoms with Crippen molar-refractivity contribution < 1.29 is 9.32 Å². The van der Waals surface area contributed by atoms with Crippen LogP contribution in [0.25, 0.3) is 0 Å². The smallest absolute Gasteiger partial charge is 0.318 e. The zero-order valence-electron chi connectivity index (χ0n) is 21.7. The highest BCUT2D eigenvalue weighted by molar-refractivity contribution is 6.48. The van der Waals surface area contributed by atoms with Crippen molar-refractivity contribution in [3.63, 3.8) is 0 Å². The lowest BCUT2D eigenvalue weighted by molar-refractivity contribution is 0.133. The fourth-order valence-corrected chi connectivity index (χ4v) is 5.90. The van der Waals surface area contributed by atoms with Crippen molar-refractivity contribution in [3.05, 3.63) is 41.0 Å². The Balaban J connectivity index is 1.66. The Kier molecular flexibility index (Phi) is 7.88. The average molecular weight is 526 g/mol. The number of nitriles is 1. The van der Waals surface area contributed by atoms with Gasteiger partial charge in [-0.05, 0) is 62.2 Å². The summed E-state index contributed by atoms with van der Waals surface area (Å²) in [7, 11) is -1.08. The van der Waals surface area contributed by atoms with Crippen LogP contribution in [0.3, 0.4) is 0 Å². The van der Waals surface area contributed by atoms with Gasteiger partial charge in [-0.15, -0.1) is 0 Å². The van der Waals surface area contributed by atoms with Gasteiger partial charge in [-0.2, -0.15) is 10.2 Å². The van der Waals surface area contributed by atoms with E-state index in [2.05, 4.69) is 44.9 Å². The Morgan fingerprint density at radius 2 is 1.92 bits per heavy atom. The molecule has 2 aliphatic rings. The first kappa shape index (κ1) is 26.4. The normalized spacial score (nSPS) is 20.3. The number of benzene rings is 1. The number of halogens is 1. The van der Waals surface area contributed by atoms with Gasteiger partial charge in [0.15, 0.2) is 0 Å². The maximum absolute atomic E-state index is 13.5. The number of nitrogens with zero attached hydrogens (tertiary/aromatic N) is 6. The quantitative estimate of drug-likeness (QED) is 0.254. The van der Waals surface area contributed by atoms with Crippen molar-refractivity contribution in [2.24, 2.45) is 11.3 Å². The second-order valence-corrected chi connectivity index (χ2v) is 13.2. The average Bonchev–Trinajstić information content (AvgIpc) is 2.84. The van der Waals surface area contributed by atoms with Gasteiger partial charge in [0.25, 0.3) is 5.95 Å². The molecule has 8 nitrogen and oxygen atoms in total. The molecule has 1 aromatic heterocycles. The van der Waals surface area contributed by atoms with Crippen molar-refractivity contribution in [1.29, 1.82) is 5.26 Å². The molecule has 0 atom stereocenters. The third-order valence-corrected chi connectivity index (χ3v) is 7.86. The second-order valence-electron chi connectivity index (χ2n) is 10.8. The minimum Gasteiger partial charge on any atom is -0.318 e. The minimum absolute atomic E-state index is 0.128. The highest BCUT2D eigenvalue weighted by atomic mass is 35.5. The van der Waals surface area contributed by atoms with Crippen molar-refractivity contribution in [1.82, 2.24) is 9.97 Å². The molecule has 2 heterocycles. The Hall–Kier alpha value is -2.67. The van der Waals surface area contributed by atoms with Crippen molar-refractivity contribution >= 4 is 44.1 Å². The molecule has 0 bridgehead atoms. The Labute approximate surface area is 220 Å². The number of amides is 2. The first-order valence-electron chi connectivity index (χ1n) is 12.4. The van der Waals surface area contributed by atoms with Gasteiger partial charge in [-0.25, -0.2) is 14.8 Å². The fourth-order valence-electron chi connectivity index (χ4n) is 5.04. The van der Waals surface area contributed by atoms with Crippen LogP contribution >= 0.6 is 11.6 Å². The first-order valence-corrected chi connectivity index (χ1v) is 15.2. The van der Waals surface area contributed by atoms with Gasteiger partial charge in [-0.1, -0.05) is 44.5 Å². The topological polar surface area (TPSA) is 85.6 Å². The molecule has 0 saturated heterocycles. The predicted molar refractivity (Wildman–Crippen MR) is 144 cm³/mol. The molecular weight excluding hydrogens is 492 g/mol. The van der Waals surface area contributed by atoms with E-state index in [4.69, 9.17) is 21.1 Å². The summed E-state index contributed by atoms with van der Waals surface area (Å²) in [5.41, 5.74) is 1.63. The third kappa shape index (κ3) is 5.51. The third-order valence-electron chi connectivity index (χ3n) is 6.98. The van der Waals surface area contributed by atoms with Crippen LogP contribution in [0.5, 0.6) is 0 Å². The van der Waals surface area contributed by atoms with Crippen LogP contribution in [-0.4, -0.2) is 37.6 Å². The van der Waals surface area contributed by atoms with E-state index in [-0.39, 0.29) is 30.6 Å². The molecule has 1 aliphatic carbocycles. The number of carbonyl (C=O) groups excluding carboxylic acids is 1. The number of aromatic nitrogens is 2. The lowest BCUT2D eigenvalue weighted by atomic mass is 9.71. The molecule has 1 saturated carbocycles. The number of anilines is 3. The molecule has 0 N–H and O–H groups in total. The van der Waals surface area contributed by atoms with Crippen molar-refractivity contribution in [2.45, 2.75) is 72.1 Å². The van der Waals surface area contributed by atoms with Crippen LogP contribution in [-0.2, 0) is 11.1 Å². The highest BCUT2D eigenvalue weighted by Gasteiger charge is 2.37. The summed E-state index contributed by atoms with van der Waals surface area (Å²) in [5.74, 6) is 1.57. The van der Waals surface area contributed by atoms with E-state index in [1.165, 1.54) is 4.90 Å². The number of fused-ring (bicyclic) bond motifs is 1. The number of hydrogen-bond donors (Lipinski definition) is 0. The van der Waals surface area contributed by atoms with Crippen LogP contribution in [0.15, 0.2) is 30.5 Å². The molecule has 4 rings (SSSR count). The summed E-state index contributed by atoms with van der Waals surface area (Å²) in [6.45, 7) is 11.2. The van der Waals surface area contributed by atoms with E-state index < -0.39 is 9.04 Å². The van der Waals surface area contributed by atoms with Crippen LogP contribution in [0.2, 0.25) is 18.1 Å². The molecule has 1 fully saturated rings. The number of rotatable bonds is 6. The molecule has 2 amide bonds. The summed E-state index contributed by atoms with van der Waals surface area (Å²) in [4.78, 5) is 25.9. The van der Waals surface area contributed by atoms with Gasteiger partial charge < -0.3 is 4.53 Å². The Bertz CT molecular complexity index is 1140. The molecule has 36 heavy (non-hydrogen) atoms. The molecule has 1 aromatic carbocycles. The van der Waals surface area contributed by atoms with E-state index in [9.17, 15) is 10.1 Å². The summed E-state index contributed by atoms with van der Waals surface area (Å²) >= 11 is 6.39. The Morgan fingerprint density at radius 1 is 1.22 bits per heavy atom. The molecule has 0 spiro atoms. The van der Waals surface area contributed by atoms with Gasteiger partial charge in [0.1, 0.15) is 12.4 Å². The van der Waals surface area contributed by atoms with Crippen LogP contribution in [0, 0.1) is 22.7 Å². The summed E-state index contributed by atoms with van der Waals surface area (Å²) < 4.78 is 6.33. The van der Waals surface area contributed by atoms with Gasteiger partial charge in [0, 0.05) is 11.8 Å². The number of para-hydroxylation sites is 1. The zero-order chi connectivity index (χ0) is 26.0. The largest absolute Gasteiger partial charge is 0.331 e. The van der Waals surface area contributed by atoms with E-state index in [1.807, 2.05) is 17.2 Å². The van der Waals surface area contributed by atoms with Crippen molar-refractivity contribution in [3.8, 4) is 6.07 Å². The molecular formula is C26H34ClN6O2Si. The van der Waals surface area contributed by atoms with Gasteiger partial charge >= 0.3 is 6.03 Å². The van der Waals surface area contributed by atoms with E-state index in [0.717, 1.165) is 31.2 Å². The van der Waals surface area contributed by atoms with Crippen molar-refractivity contribution in [2.75, 3.05) is 21.4 Å². The molecule has 1 aliphatic heterocycles. The standard InChI is InChI=1S/C26H34ClN6O2Si/c1-26(2,3)19-10-12-20(13-11-19)33(35-36(4)5)24-29-16-18-17-32(22-9-7-6-8-21(22)27)25(34)31(15-14-28)23(18)30-24/h6-9,16,19-20H,10-13,15,17H2,1-5H3. The number of urea groups is 1. The fraction of sp³-hybridized carbons (Fsp3) is 0.538. The van der Waals surface area contributed by atoms with E-state index >= 15 is 0 Å². The molecule has 10 heteroatoms. The lowest BCUT2D eigenvalue weighted by Crippen LogP contribution is -2.49. The zero-order valence-corrected chi connectivity index (χ0v) is 23.4. The summed E-state index contributed by atoms with van der Waals surface area (Å²) in [6, 6.07) is 9.12. The molecule has 1 radical (unpaired) electrons. The number of hydroxylamine groups is 1. The van der Waals surface area contributed by atoms with Crippen LogP contribution in [0.4, 0.5) is 22.2 Å². The maximum atomic E-state index is 13.5. The minimum atomic E-state index is -1.08.